The van der Waals surface area contributed by atoms with Crippen LogP contribution in [0.15, 0.2) is 59.1 Å². The smallest absolute Gasteiger partial charge is 0.226 e. The van der Waals surface area contributed by atoms with E-state index in [2.05, 4.69) is 15.5 Å². The second-order valence-corrected chi connectivity index (χ2v) is 6.42. The molecule has 0 aliphatic heterocycles. The molecule has 3 rings (SSSR count). The summed E-state index contributed by atoms with van der Waals surface area (Å²) < 4.78 is 10.4. The molecule has 0 spiro atoms. The maximum atomic E-state index is 12.0. The van der Waals surface area contributed by atoms with Crippen LogP contribution in [-0.4, -0.2) is 29.7 Å². The first-order chi connectivity index (χ1) is 13.7. The highest BCUT2D eigenvalue weighted by Gasteiger charge is 2.11. The molecule has 7 nitrogen and oxygen atoms in total. The molecule has 0 aliphatic carbocycles. The van der Waals surface area contributed by atoms with Gasteiger partial charge in [-0.2, -0.15) is 4.98 Å². The van der Waals surface area contributed by atoms with Crippen LogP contribution in [0.25, 0.3) is 11.4 Å². The van der Waals surface area contributed by atoms with E-state index in [1.54, 1.807) is 7.11 Å². The summed E-state index contributed by atoms with van der Waals surface area (Å²) >= 11 is 0. The van der Waals surface area contributed by atoms with Gasteiger partial charge in [0.15, 0.2) is 0 Å². The van der Waals surface area contributed by atoms with Gasteiger partial charge in [-0.3, -0.25) is 4.79 Å². The van der Waals surface area contributed by atoms with Crippen molar-refractivity contribution >= 4 is 18.3 Å². The fraction of sp³-hybridized carbons (Fsp3) is 0.286. The molecule has 29 heavy (non-hydrogen) atoms. The largest absolute Gasteiger partial charge is 0.497 e. The van der Waals surface area contributed by atoms with Crippen molar-refractivity contribution in [3.8, 4) is 17.1 Å². The van der Waals surface area contributed by atoms with E-state index in [9.17, 15) is 4.79 Å². The molecule has 0 aliphatic rings. The number of halogens is 1. The Kier molecular flexibility index (Phi) is 8.64. The number of methoxy groups -OCH3 is 1. The highest BCUT2D eigenvalue weighted by molar-refractivity contribution is 5.85. The predicted molar refractivity (Wildman–Crippen MR) is 113 cm³/mol. The van der Waals surface area contributed by atoms with Gasteiger partial charge in [-0.25, -0.2) is 0 Å². The Labute approximate surface area is 176 Å². The number of hydrogen-bond donors (Lipinski definition) is 2. The van der Waals surface area contributed by atoms with E-state index in [1.165, 1.54) is 0 Å². The molecule has 1 aromatic heterocycles. The summed E-state index contributed by atoms with van der Waals surface area (Å²) in [6.45, 7) is 0.408. The Hall–Kier alpha value is -2.90. The molecule has 2 aromatic carbocycles. The molecule has 0 saturated carbocycles. The molecule has 0 bridgehead atoms. The van der Waals surface area contributed by atoms with Gasteiger partial charge in [0.05, 0.1) is 7.11 Å². The Morgan fingerprint density at radius 2 is 1.90 bits per heavy atom. The topological polar surface area (TPSA) is 103 Å². The SMILES string of the molecule is COc1ccc(-c2noc(CCCC(=O)NCC(N)c3ccccc3)n2)cc1.Cl. The summed E-state index contributed by atoms with van der Waals surface area (Å²) in [6.07, 6.45) is 1.54. The van der Waals surface area contributed by atoms with Gasteiger partial charge >= 0.3 is 0 Å². The summed E-state index contributed by atoms with van der Waals surface area (Å²) in [5.74, 6) is 1.77. The lowest BCUT2D eigenvalue weighted by Gasteiger charge is -2.12. The molecular formula is C21H25ClN4O3. The van der Waals surface area contributed by atoms with E-state index in [-0.39, 0.29) is 24.4 Å². The fourth-order valence-corrected chi connectivity index (χ4v) is 2.74. The number of nitrogens with two attached hydrogens (primary N) is 1. The number of nitrogens with one attached hydrogen (secondary N) is 1. The third kappa shape index (κ3) is 6.58. The van der Waals surface area contributed by atoms with Gasteiger partial charge in [-0.1, -0.05) is 35.5 Å². The lowest BCUT2D eigenvalue weighted by atomic mass is 10.1. The number of nitrogens with zero attached hydrogens (tertiary/aromatic N) is 2. The molecule has 1 heterocycles. The first-order valence-corrected chi connectivity index (χ1v) is 9.20. The molecular weight excluding hydrogens is 392 g/mol. The van der Waals surface area contributed by atoms with Gasteiger partial charge in [0.1, 0.15) is 5.75 Å². The first kappa shape index (κ1) is 22.4. The van der Waals surface area contributed by atoms with Crippen LogP contribution in [0, 0.1) is 0 Å². The van der Waals surface area contributed by atoms with Crippen molar-refractivity contribution in [3.05, 3.63) is 66.1 Å². The quantitative estimate of drug-likeness (QED) is 0.554. The summed E-state index contributed by atoms with van der Waals surface area (Å²) in [7, 11) is 1.62. The molecule has 154 valence electrons. The molecule has 0 fully saturated rings. The summed E-state index contributed by atoms with van der Waals surface area (Å²) in [4.78, 5) is 16.4. The molecule has 8 heteroatoms. The Morgan fingerprint density at radius 1 is 1.17 bits per heavy atom. The van der Waals surface area contributed by atoms with Crippen LogP contribution in [0.4, 0.5) is 0 Å². The molecule has 0 radical (unpaired) electrons. The lowest BCUT2D eigenvalue weighted by molar-refractivity contribution is -0.121. The molecule has 1 amide bonds. The van der Waals surface area contributed by atoms with Gasteiger partial charge in [-0.05, 0) is 36.2 Å². The Morgan fingerprint density at radius 3 is 2.59 bits per heavy atom. The normalized spacial score (nSPS) is 11.4. The van der Waals surface area contributed by atoms with Crippen molar-refractivity contribution < 1.29 is 14.1 Å². The highest BCUT2D eigenvalue weighted by Crippen LogP contribution is 2.20. The Bertz CT molecular complexity index is 884. The van der Waals surface area contributed by atoms with Crippen LogP contribution in [0.5, 0.6) is 5.75 Å². The third-order valence-electron chi connectivity index (χ3n) is 4.36. The van der Waals surface area contributed by atoms with Gasteiger partial charge in [0, 0.05) is 31.0 Å². The third-order valence-corrected chi connectivity index (χ3v) is 4.36. The summed E-state index contributed by atoms with van der Waals surface area (Å²) in [6, 6.07) is 16.9. The van der Waals surface area contributed by atoms with Gasteiger partial charge in [0.2, 0.25) is 17.6 Å². The Balaban J connectivity index is 0.00000300. The number of rotatable bonds is 9. The second kappa shape index (κ2) is 11.2. The number of carbonyl (C=O) groups is 1. The number of aromatic nitrogens is 2. The summed E-state index contributed by atoms with van der Waals surface area (Å²) in [5, 5.41) is 6.86. The zero-order valence-corrected chi connectivity index (χ0v) is 17.0. The van der Waals surface area contributed by atoms with Crippen LogP contribution in [0.1, 0.15) is 30.3 Å². The van der Waals surface area contributed by atoms with Crippen LogP contribution in [0.3, 0.4) is 0 Å². The van der Waals surface area contributed by atoms with Gasteiger partial charge < -0.3 is 20.3 Å². The zero-order valence-electron chi connectivity index (χ0n) is 16.2. The average Bonchev–Trinajstić information content (AvgIpc) is 3.21. The second-order valence-electron chi connectivity index (χ2n) is 6.42. The van der Waals surface area contributed by atoms with Gasteiger partial charge in [-0.15, -0.1) is 12.4 Å². The van der Waals surface area contributed by atoms with Crippen molar-refractivity contribution in [3.63, 3.8) is 0 Å². The molecule has 0 saturated heterocycles. The number of carbonyl (C=O) groups excluding carboxylic acids is 1. The van der Waals surface area contributed by atoms with Crippen molar-refractivity contribution in [2.75, 3.05) is 13.7 Å². The maximum Gasteiger partial charge on any atom is 0.226 e. The predicted octanol–water partition coefficient (Wildman–Crippen LogP) is 3.31. The van der Waals surface area contributed by atoms with Crippen LogP contribution >= 0.6 is 12.4 Å². The van der Waals surface area contributed by atoms with E-state index in [1.807, 2.05) is 54.6 Å². The molecule has 3 aromatic rings. The van der Waals surface area contributed by atoms with E-state index in [4.69, 9.17) is 15.0 Å². The minimum Gasteiger partial charge on any atom is -0.497 e. The van der Waals surface area contributed by atoms with Crippen LogP contribution in [-0.2, 0) is 11.2 Å². The van der Waals surface area contributed by atoms with Crippen molar-refractivity contribution in [1.82, 2.24) is 15.5 Å². The minimum absolute atomic E-state index is 0. The molecule has 1 unspecified atom stereocenters. The summed E-state index contributed by atoms with van der Waals surface area (Å²) in [5.41, 5.74) is 7.93. The highest BCUT2D eigenvalue weighted by atomic mass is 35.5. The monoisotopic (exact) mass is 416 g/mol. The molecule has 3 N–H and O–H groups in total. The number of ether oxygens (including phenoxy) is 1. The lowest BCUT2D eigenvalue weighted by Crippen LogP contribution is -2.31. The number of amides is 1. The minimum atomic E-state index is -0.215. The van der Waals surface area contributed by atoms with E-state index in [0.717, 1.165) is 16.9 Å². The van der Waals surface area contributed by atoms with E-state index in [0.29, 0.717) is 37.5 Å². The zero-order chi connectivity index (χ0) is 19.8. The number of aryl methyl sites for hydroxylation is 1. The number of hydrogen-bond acceptors (Lipinski definition) is 6. The van der Waals surface area contributed by atoms with Crippen molar-refractivity contribution in [2.24, 2.45) is 5.73 Å². The standard InChI is InChI=1S/C21H24N4O3.ClH/c1-27-17-12-10-16(11-13-17)21-24-20(28-25-21)9-5-8-19(26)23-14-18(22)15-6-3-2-4-7-15;/h2-4,6-7,10-13,18H,5,8-9,14,22H2,1H3,(H,23,26);1H. The van der Waals surface area contributed by atoms with E-state index >= 15 is 0 Å². The first-order valence-electron chi connectivity index (χ1n) is 9.20. The molecule has 1 atom stereocenters. The van der Waals surface area contributed by atoms with Crippen molar-refractivity contribution in [1.29, 1.82) is 0 Å². The maximum absolute atomic E-state index is 12.0. The van der Waals surface area contributed by atoms with Crippen LogP contribution < -0.4 is 15.8 Å². The van der Waals surface area contributed by atoms with Gasteiger partial charge in [0.25, 0.3) is 0 Å². The van der Waals surface area contributed by atoms with Crippen LogP contribution in [0.2, 0.25) is 0 Å². The van der Waals surface area contributed by atoms with Crippen molar-refractivity contribution in [2.45, 2.75) is 25.3 Å². The average molecular weight is 417 g/mol. The van der Waals surface area contributed by atoms with E-state index < -0.39 is 0 Å². The number of benzene rings is 2. The fourth-order valence-electron chi connectivity index (χ4n) is 2.74.